The van der Waals surface area contributed by atoms with Crippen molar-refractivity contribution in [1.29, 1.82) is 0 Å². The summed E-state index contributed by atoms with van der Waals surface area (Å²) in [7, 11) is 0. The molecule has 0 saturated heterocycles. The summed E-state index contributed by atoms with van der Waals surface area (Å²) >= 11 is 0. The molecular weight excluding hydrogens is 134 g/mol. The van der Waals surface area contributed by atoms with Crippen LogP contribution in [0.15, 0.2) is 23.8 Å². The predicted molar refractivity (Wildman–Crippen MR) is 47.0 cm³/mol. The van der Waals surface area contributed by atoms with Gasteiger partial charge in [0.2, 0.25) is 0 Å². The highest BCUT2D eigenvalue weighted by Gasteiger charge is 2.45. The minimum Gasteiger partial charge on any atom is -0.327 e. The van der Waals surface area contributed by atoms with Crippen LogP contribution in [0, 0.1) is 17.8 Å². The van der Waals surface area contributed by atoms with E-state index in [-0.39, 0.29) is 0 Å². The van der Waals surface area contributed by atoms with Crippen LogP contribution >= 0.6 is 0 Å². The lowest BCUT2D eigenvalue weighted by molar-refractivity contribution is 0.120. The van der Waals surface area contributed by atoms with E-state index in [0.29, 0.717) is 17.9 Å². The molecule has 3 aliphatic carbocycles. The molecule has 2 N–H and O–H groups in total. The average molecular weight is 149 g/mol. The fourth-order valence-corrected chi connectivity index (χ4v) is 2.50. The van der Waals surface area contributed by atoms with Crippen LogP contribution in [0.2, 0.25) is 0 Å². The van der Waals surface area contributed by atoms with Crippen molar-refractivity contribution in [3.05, 3.63) is 23.8 Å². The zero-order valence-electron chi connectivity index (χ0n) is 7.12. The Balaban J connectivity index is 2.32. The van der Waals surface area contributed by atoms with Crippen molar-refractivity contribution < 1.29 is 0 Å². The number of allylic oxidation sites excluding steroid dienone is 2. The highest BCUT2D eigenvalue weighted by atomic mass is 14.8. The molecule has 2 bridgehead atoms. The van der Waals surface area contributed by atoms with Crippen molar-refractivity contribution in [1.82, 2.24) is 0 Å². The maximum absolute atomic E-state index is 6.02. The molecule has 0 aromatic rings. The van der Waals surface area contributed by atoms with Gasteiger partial charge in [0.05, 0.1) is 0 Å². The van der Waals surface area contributed by atoms with Crippen LogP contribution in [0.1, 0.15) is 13.8 Å². The molecule has 1 heteroatoms. The summed E-state index contributed by atoms with van der Waals surface area (Å²) in [6.07, 6.45) is 6.61. The van der Waals surface area contributed by atoms with E-state index in [1.54, 1.807) is 0 Å². The Labute approximate surface area is 68.0 Å². The van der Waals surface area contributed by atoms with Gasteiger partial charge in [0.1, 0.15) is 0 Å². The lowest BCUT2D eigenvalue weighted by Gasteiger charge is -2.47. The summed E-state index contributed by atoms with van der Waals surface area (Å²) in [6.45, 7) is 4.48. The Hall–Kier alpha value is -0.560. The van der Waals surface area contributed by atoms with Crippen LogP contribution < -0.4 is 5.73 Å². The van der Waals surface area contributed by atoms with Crippen LogP contribution in [0.25, 0.3) is 0 Å². The van der Waals surface area contributed by atoms with Gasteiger partial charge in [-0.25, -0.2) is 0 Å². The summed E-state index contributed by atoms with van der Waals surface area (Å²) in [6, 6.07) is 0.389. The van der Waals surface area contributed by atoms with E-state index in [1.807, 2.05) is 0 Å². The highest BCUT2D eigenvalue weighted by Crippen LogP contribution is 2.45. The molecular formula is C10H15N. The third-order valence-corrected chi connectivity index (χ3v) is 3.25. The summed E-state index contributed by atoms with van der Waals surface area (Å²) in [4.78, 5) is 0. The fourth-order valence-electron chi connectivity index (χ4n) is 2.50. The van der Waals surface area contributed by atoms with Gasteiger partial charge in [-0.2, -0.15) is 0 Å². The molecule has 0 aromatic heterocycles. The molecule has 0 aliphatic heterocycles. The number of hydrogen-bond donors (Lipinski definition) is 1. The molecule has 0 amide bonds. The smallest absolute Gasteiger partial charge is 0.0174 e. The van der Waals surface area contributed by atoms with Crippen molar-refractivity contribution in [3.63, 3.8) is 0 Å². The van der Waals surface area contributed by atoms with Gasteiger partial charge in [0.15, 0.2) is 0 Å². The van der Waals surface area contributed by atoms with Gasteiger partial charge in [-0.05, 0) is 24.7 Å². The summed E-state index contributed by atoms with van der Waals surface area (Å²) in [5, 5.41) is 0. The monoisotopic (exact) mass is 149 g/mol. The van der Waals surface area contributed by atoms with Gasteiger partial charge in [0, 0.05) is 6.04 Å². The first-order valence-corrected chi connectivity index (χ1v) is 4.32. The van der Waals surface area contributed by atoms with Gasteiger partial charge in [0.25, 0.3) is 0 Å². The molecule has 0 heterocycles. The number of nitrogens with two attached hydrogens (primary N) is 1. The molecule has 1 saturated carbocycles. The Morgan fingerprint density at radius 1 is 1.45 bits per heavy atom. The van der Waals surface area contributed by atoms with E-state index in [2.05, 4.69) is 32.1 Å². The van der Waals surface area contributed by atoms with Gasteiger partial charge in [-0.15, -0.1) is 0 Å². The second-order valence-corrected chi connectivity index (χ2v) is 3.84. The number of rotatable bonds is 0. The molecule has 1 fully saturated rings. The Bertz CT molecular complexity index is 217. The molecule has 0 spiro atoms. The predicted octanol–water partition coefficient (Wildman–Crippen LogP) is 1.71. The molecule has 3 rings (SSSR count). The normalized spacial score (nSPS) is 47.7. The van der Waals surface area contributed by atoms with Crippen LogP contribution in [-0.4, -0.2) is 6.04 Å². The maximum Gasteiger partial charge on any atom is 0.0174 e. The van der Waals surface area contributed by atoms with E-state index in [1.165, 1.54) is 5.57 Å². The highest BCUT2D eigenvalue weighted by molar-refractivity contribution is 5.28. The van der Waals surface area contributed by atoms with Crippen LogP contribution in [0.5, 0.6) is 0 Å². The summed E-state index contributed by atoms with van der Waals surface area (Å²) < 4.78 is 0. The molecule has 3 aliphatic rings. The Morgan fingerprint density at radius 3 is 2.82 bits per heavy atom. The van der Waals surface area contributed by atoms with Crippen molar-refractivity contribution in [2.45, 2.75) is 19.9 Å². The average Bonchev–Trinajstić information content (AvgIpc) is 2.19. The number of hydrogen-bond acceptors (Lipinski definition) is 1. The lowest BCUT2D eigenvalue weighted by atomic mass is 9.60. The zero-order chi connectivity index (χ0) is 8.01. The molecule has 11 heavy (non-hydrogen) atoms. The van der Waals surface area contributed by atoms with Crippen LogP contribution in [0.4, 0.5) is 0 Å². The van der Waals surface area contributed by atoms with E-state index >= 15 is 0 Å². The van der Waals surface area contributed by atoms with Crippen LogP contribution in [-0.2, 0) is 0 Å². The van der Waals surface area contributed by atoms with Gasteiger partial charge in [-0.3, -0.25) is 0 Å². The maximum atomic E-state index is 6.02. The van der Waals surface area contributed by atoms with Crippen molar-refractivity contribution >= 4 is 0 Å². The first-order chi connectivity index (χ1) is 5.22. The molecule has 0 radical (unpaired) electrons. The molecule has 1 nitrogen and oxygen atoms in total. The minimum absolute atomic E-state index is 0.389. The van der Waals surface area contributed by atoms with Crippen molar-refractivity contribution in [3.8, 4) is 0 Å². The fraction of sp³-hybridized carbons (Fsp3) is 0.600. The first-order valence-electron chi connectivity index (χ1n) is 4.32. The largest absolute Gasteiger partial charge is 0.327 e. The quantitative estimate of drug-likeness (QED) is 0.557. The van der Waals surface area contributed by atoms with Gasteiger partial charge >= 0.3 is 0 Å². The molecule has 0 aromatic carbocycles. The minimum atomic E-state index is 0.389. The summed E-state index contributed by atoms with van der Waals surface area (Å²) in [5.41, 5.74) is 7.47. The van der Waals surface area contributed by atoms with E-state index in [4.69, 9.17) is 5.73 Å². The topological polar surface area (TPSA) is 26.0 Å². The third-order valence-electron chi connectivity index (χ3n) is 3.25. The van der Waals surface area contributed by atoms with Gasteiger partial charge < -0.3 is 5.73 Å². The Kier molecular flexibility index (Phi) is 1.43. The molecule has 4 atom stereocenters. The first kappa shape index (κ1) is 7.11. The Morgan fingerprint density at radius 2 is 2.18 bits per heavy atom. The van der Waals surface area contributed by atoms with Crippen molar-refractivity contribution in [2.75, 3.05) is 0 Å². The summed E-state index contributed by atoms with van der Waals surface area (Å²) in [5.74, 6) is 2.05. The SMILES string of the molecule is CC1=CC=CC2C(C)C1C2N. The van der Waals surface area contributed by atoms with Crippen LogP contribution in [0.3, 0.4) is 0 Å². The molecule has 4 unspecified atom stereocenters. The van der Waals surface area contributed by atoms with E-state index in [0.717, 1.165) is 5.92 Å². The standard InChI is InChI=1S/C10H15N/c1-6-4-3-5-8-7(2)9(6)10(8)11/h3-5,7-10H,11H2,1-2H3. The lowest BCUT2D eigenvalue weighted by Crippen LogP contribution is -2.54. The van der Waals surface area contributed by atoms with Gasteiger partial charge in [-0.1, -0.05) is 30.7 Å². The number of fused-ring (bicyclic) bond motifs is 1. The van der Waals surface area contributed by atoms with Crippen molar-refractivity contribution in [2.24, 2.45) is 23.5 Å². The second kappa shape index (κ2) is 2.21. The third kappa shape index (κ3) is 0.807. The van der Waals surface area contributed by atoms with E-state index < -0.39 is 0 Å². The van der Waals surface area contributed by atoms with E-state index in [9.17, 15) is 0 Å². The second-order valence-electron chi connectivity index (χ2n) is 3.84. The zero-order valence-corrected chi connectivity index (χ0v) is 7.12. The molecule has 60 valence electrons.